The molecule has 0 N–H and O–H groups in total. The molecule has 1 aliphatic rings. The lowest BCUT2D eigenvalue weighted by molar-refractivity contribution is -0.145. The normalized spacial score (nSPS) is 15.1. The first-order valence-corrected chi connectivity index (χ1v) is 10.7. The number of hydrogen-bond acceptors (Lipinski definition) is 3. The molecule has 3 aromatic rings. The van der Waals surface area contributed by atoms with E-state index in [2.05, 4.69) is 4.98 Å². The van der Waals surface area contributed by atoms with E-state index in [0.717, 1.165) is 12.1 Å². The summed E-state index contributed by atoms with van der Waals surface area (Å²) in [6.45, 7) is 0.437. The topological polar surface area (TPSA) is 50.3 Å². The van der Waals surface area contributed by atoms with E-state index in [4.69, 9.17) is 11.6 Å². The molecule has 4 nitrogen and oxygen atoms in total. The molecule has 1 saturated heterocycles. The standard InChI is InChI=1S/C24H19ClF4N2O2/c25-16-6-5-15(19(26)12-16)11-21(32)23(33)31-9-7-14(8-10-31)18-13-22(24(27,28)29)30-20-4-2-1-3-17(18)20/h1-6,12-14H,7-11H2. The number of alkyl halides is 3. The Morgan fingerprint density at radius 2 is 1.76 bits per heavy atom. The van der Waals surface area contributed by atoms with Crippen LogP contribution in [0.4, 0.5) is 17.6 Å². The van der Waals surface area contributed by atoms with Crippen molar-refractivity contribution in [1.29, 1.82) is 0 Å². The maximum absolute atomic E-state index is 14.0. The van der Waals surface area contributed by atoms with Crippen LogP contribution in [0.5, 0.6) is 0 Å². The Hall–Kier alpha value is -3.00. The largest absolute Gasteiger partial charge is 0.433 e. The number of Topliss-reactive ketones (excluding diaryl/α,β-unsaturated/α-hetero) is 1. The third kappa shape index (κ3) is 5.00. The number of benzene rings is 2. The fraction of sp³-hybridized carbons (Fsp3) is 0.292. The first kappa shape index (κ1) is 23.2. The number of likely N-dealkylation sites (tertiary alicyclic amines) is 1. The van der Waals surface area contributed by atoms with Gasteiger partial charge in [-0.25, -0.2) is 9.37 Å². The Balaban J connectivity index is 1.48. The number of fused-ring (bicyclic) bond motifs is 1. The predicted octanol–water partition coefficient (Wildman–Crippen LogP) is 5.56. The SMILES string of the molecule is O=C(Cc1ccc(Cl)cc1F)C(=O)N1CCC(c2cc(C(F)(F)F)nc3ccccc23)CC1. The number of pyridine rings is 1. The molecule has 1 aromatic heterocycles. The van der Waals surface area contributed by atoms with Crippen LogP contribution in [0.25, 0.3) is 10.9 Å². The van der Waals surface area contributed by atoms with Gasteiger partial charge in [0.2, 0.25) is 5.78 Å². The molecule has 172 valence electrons. The number of amides is 1. The van der Waals surface area contributed by atoms with Gasteiger partial charge in [0.15, 0.2) is 0 Å². The fourth-order valence-electron chi connectivity index (χ4n) is 4.17. The summed E-state index contributed by atoms with van der Waals surface area (Å²) in [5.74, 6) is -2.35. The summed E-state index contributed by atoms with van der Waals surface area (Å²) in [5.41, 5.74) is -0.0685. The minimum Gasteiger partial charge on any atom is -0.336 e. The molecule has 1 amide bonds. The van der Waals surface area contributed by atoms with E-state index in [1.807, 2.05) is 0 Å². The van der Waals surface area contributed by atoms with E-state index >= 15 is 0 Å². The third-order valence-corrected chi connectivity index (χ3v) is 6.10. The smallest absolute Gasteiger partial charge is 0.336 e. The summed E-state index contributed by atoms with van der Waals surface area (Å²) >= 11 is 5.71. The number of ketones is 1. The predicted molar refractivity (Wildman–Crippen MR) is 115 cm³/mol. The zero-order chi connectivity index (χ0) is 23.8. The number of carbonyl (C=O) groups is 2. The first-order chi connectivity index (χ1) is 15.6. The van der Waals surface area contributed by atoms with Crippen molar-refractivity contribution in [2.45, 2.75) is 31.4 Å². The first-order valence-electron chi connectivity index (χ1n) is 10.4. The van der Waals surface area contributed by atoms with E-state index in [9.17, 15) is 27.2 Å². The second kappa shape index (κ2) is 9.09. The summed E-state index contributed by atoms with van der Waals surface area (Å²) < 4.78 is 54.0. The van der Waals surface area contributed by atoms with Gasteiger partial charge < -0.3 is 4.90 Å². The van der Waals surface area contributed by atoms with Gasteiger partial charge in [0.1, 0.15) is 11.5 Å². The van der Waals surface area contributed by atoms with Crippen molar-refractivity contribution in [3.05, 3.63) is 76.2 Å². The molecule has 0 saturated carbocycles. The highest BCUT2D eigenvalue weighted by molar-refractivity contribution is 6.36. The molecule has 1 fully saturated rings. The Labute approximate surface area is 192 Å². The minimum absolute atomic E-state index is 0.0792. The second-order valence-corrected chi connectivity index (χ2v) is 8.45. The lowest BCUT2D eigenvalue weighted by atomic mass is 9.86. The molecule has 0 atom stereocenters. The van der Waals surface area contributed by atoms with E-state index in [0.29, 0.717) is 23.8 Å². The number of aromatic nitrogens is 1. The van der Waals surface area contributed by atoms with Crippen LogP contribution in [-0.2, 0) is 22.2 Å². The van der Waals surface area contributed by atoms with Crippen molar-refractivity contribution in [3.8, 4) is 0 Å². The highest BCUT2D eigenvalue weighted by atomic mass is 35.5. The molecule has 2 heterocycles. The molecule has 9 heteroatoms. The molecule has 0 bridgehead atoms. The second-order valence-electron chi connectivity index (χ2n) is 8.01. The van der Waals surface area contributed by atoms with Crippen molar-refractivity contribution in [2.24, 2.45) is 0 Å². The van der Waals surface area contributed by atoms with Gasteiger partial charge in [0, 0.05) is 29.9 Å². The average Bonchev–Trinajstić information content (AvgIpc) is 2.79. The lowest BCUT2D eigenvalue weighted by Gasteiger charge is -2.32. The lowest BCUT2D eigenvalue weighted by Crippen LogP contribution is -2.42. The highest BCUT2D eigenvalue weighted by Gasteiger charge is 2.35. The molecule has 0 aliphatic carbocycles. The molecule has 1 aliphatic heterocycles. The van der Waals surface area contributed by atoms with Crippen LogP contribution in [0.1, 0.15) is 35.6 Å². The van der Waals surface area contributed by atoms with Crippen LogP contribution in [0.15, 0.2) is 48.5 Å². The maximum atomic E-state index is 14.0. The van der Waals surface area contributed by atoms with Gasteiger partial charge in [-0.05, 0) is 54.2 Å². The zero-order valence-corrected chi connectivity index (χ0v) is 18.1. The number of hydrogen-bond donors (Lipinski definition) is 0. The molecule has 0 radical (unpaired) electrons. The van der Waals surface area contributed by atoms with Gasteiger partial charge in [-0.1, -0.05) is 35.9 Å². The monoisotopic (exact) mass is 478 g/mol. The summed E-state index contributed by atoms with van der Waals surface area (Å²) in [4.78, 5) is 30.1. The van der Waals surface area contributed by atoms with Crippen LogP contribution in [0.2, 0.25) is 5.02 Å². The number of nitrogens with zero attached hydrogens (tertiary/aromatic N) is 2. The van der Waals surface area contributed by atoms with Crippen LogP contribution < -0.4 is 0 Å². The number of rotatable bonds is 4. The molecular weight excluding hydrogens is 460 g/mol. The summed E-state index contributed by atoms with van der Waals surface area (Å²) in [6.07, 6.45) is -4.15. The maximum Gasteiger partial charge on any atom is 0.433 e. The summed E-state index contributed by atoms with van der Waals surface area (Å²) in [6, 6.07) is 11.6. The van der Waals surface area contributed by atoms with Crippen molar-refractivity contribution in [2.75, 3.05) is 13.1 Å². The van der Waals surface area contributed by atoms with Crippen molar-refractivity contribution >= 4 is 34.2 Å². The Morgan fingerprint density at radius 3 is 2.42 bits per heavy atom. The molecule has 4 rings (SSSR count). The van der Waals surface area contributed by atoms with Crippen LogP contribution in [0.3, 0.4) is 0 Å². The van der Waals surface area contributed by atoms with Crippen molar-refractivity contribution in [3.63, 3.8) is 0 Å². The Bertz CT molecular complexity index is 1220. The average molecular weight is 479 g/mol. The Kier molecular flexibility index (Phi) is 6.38. The van der Waals surface area contributed by atoms with Gasteiger partial charge in [-0.3, -0.25) is 9.59 Å². The number of para-hydroxylation sites is 1. The van der Waals surface area contributed by atoms with E-state index in [1.54, 1.807) is 24.3 Å². The number of piperidine rings is 1. The van der Waals surface area contributed by atoms with Gasteiger partial charge in [0.25, 0.3) is 5.91 Å². The quantitative estimate of drug-likeness (QED) is 0.364. The van der Waals surface area contributed by atoms with Gasteiger partial charge in [-0.15, -0.1) is 0 Å². The van der Waals surface area contributed by atoms with Crippen molar-refractivity contribution in [1.82, 2.24) is 9.88 Å². The third-order valence-electron chi connectivity index (χ3n) is 5.87. The van der Waals surface area contributed by atoms with Gasteiger partial charge in [0.05, 0.1) is 5.52 Å². The van der Waals surface area contributed by atoms with Gasteiger partial charge in [-0.2, -0.15) is 13.2 Å². The summed E-state index contributed by atoms with van der Waals surface area (Å²) in [7, 11) is 0. The molecule has 2 aromatic carbocycles. The van der Waals surface area contributed by atoms with Crippen LogP contribution >= 0.6 is 11.6 Å². The number of carbonyl (C=O) groups excluding carboxylic acids is 2. The molecule has 0 spiro atoms. The molecule has 0 unspecified atom stereocenters. The van der Waals surface area contributed by atoms with Gasteiger partial charge >= 0.3 is 6.18 Å². The number of halogens is 5. The van der Waals surface area contributed by atoms with Crippen LogP contribution in [0, 0.1) is 5.82 Å². The molecular formula is C24H19ClF4N2O2. The van der Waals surface area contributed by atoms with Crippen LogP contribution in [-0.4, -0.2) is 34.7 Å². The minimum atomic E-state index is -4.57. The highest BCUT2D eigenvalue weighted by Crippen LogP contribution is 2.37. The molecule has 33 heavy (non-hydrogen) atoms. The fourth-order valence-corrected chi connectivity index (χ4v) is 4.33. The zero-order valence-electron chi connectivity index (χ0n) is 17.3. The van der Waals surface area contributed by atoms with E-state index < -0.39 is 29.4 Å². The summed E-state index contributed by atoms with van der Waals surface area (Å²) in [5, 5.41) is 0.832. The van der Waals surface area contributed by atoms with E-state index in [-0.39, 0.29) is 41.5 Å². The van der Waals surface area contributed by atoms with E-state index in [1.165, 1.54) is 17.0 Å². The van der Waals surface area contributed by atoms with Crippen molar-refractivity contribution < 1.29 is 27.2 Å². The Morgan fingerprint density at radius 1 is 1.06 bits per heavy atom.